The minimum absolute atomic E-state index is 0.128. The quantitative estimate of drug-likeness (QED) is 0.820. The van der Waals surface area contributed by atoms with Crippen molar-refractivity contribution in [3.63, 3.8) is 0 Å². The van der Waals surface area contributed by atoms with E-state index < -0.39 is 0 Å². The van der Waals surface area contributed by atoms with Crippen LogP contribution < -0.4 is 5.32 Å². The lowest BCUT2D eigenvalue weighted by atomic mass is 9.76. The van der Waals surface area contributed by atoms with E-state index in [9.17, 15) is 4.79 Å². The maximum Gasteiger partial charge on any atom is 0.175 e. The van der Waals surface area contributed by atoms with Crippen molar-refractivity contribution >= 4 is 5.78 Å². The Labute approximate surface area is 117 Å². The summed E-state index contributed by atoms with van der Waals surface area (Å²) in [7, 11) is 0. The molecule has 0 aromatic carbocycles. The molecule has 19 heavy (non-hydrogen) atoms. The van der Waals surface area contributed by atoms with E-state index in [1.165, 1.54) is 51.4 Å². The summed E-state index contributed by atoms with van der Waals surface area (Å²) in [6.45, 7) is 0. The van der Waals surface area contributed by atoms with Crippen LogP contribution in [0.5, 0.6) is 0 Å². The van der Waals surface area contributed by atoms with Crippen molar-refractivity contribution < 1.29 is 4.79 Å². The minimum Gasteiger partial charge on any atom is -0.304 e. The first-order chi connectivity index (χ1) is 9.34. The van der Waals surface area contributed by atoms with Crippen molar-refractivity contribution in [2.24, 2.45) is 5.92 Å². The molecule has 2 heteroatoms. The first-order valence-electron chi connectivity index (χ1n) is 8.34. The van der Waals surface area contributed by atoms with Crippen LogP contribution in [0, 0.1) is 5.92 Å². The van der Waals surface area contributed by atoms with E-state index in [0.717, 1.165) is 30.8 Å². The number of rotatable bonds is 2. The fraction of sp³-hybridized carbons (Fsp3) is 0.824. The highest BCUT2D eigenvalue weighted by molar-refractivity contribution is 5.99. The van der Waals surface area contributed by atoms with Crippen LogP contribution in [0.15, 0.2) is 11.6 Å². The highest BCUT2D eigenvalue weighted by Gasteiger charge is 2.35. The van der Waals surface area contributed by atoms with Crippen LogP contribution >= 0.6 is 0 Å². The summed E-state index contributed by atoms with van der Waals surface area (Å²) >= 11 is 0. The Hall–Kier alpha value is -0.630. The third-order valence-corrected chi connectivity index (χ3v) is 5.32. The number of hydrogen-bond donors (Lipinski definition) is 1. The molecule has 3 unspecified atom stereocenters. The van der Waals surface area contributed by atoms with Crippen molar-refractivity contribution in [3.05, 3.63) is 11.6 Å². The van der Waals surface area contributed by atoms with Gasteiger partial charge in [0.1, 0.15) is 0 Å². The molecule has 0 aromatic heterocycles. The summed E-state index contributed by atoms with van der Waals surface area (Å²) in [6.07, 6.45) is 15.8. The van der Waals surface area contributed by atoms with Gasteiger partial charge in [0.2, 0.25) is 0 Å². The van der Waals surface area contributed by atoms with Gasteiger partial charge in [0.05, 0.1) is 6.04 Å². The number of carbonyl (C=O) groups excluding carboxylic acids is 1. The minimum atomic E-state index is 0.128. The number of allylic oxidation sites excluding steroid dienone is 1. The van der Waals surface area contributed by atoms with Crippen molar-refractivity contribution in [1.82, 2.24) is 5.32 Å². The van der Waals surface area contributed by atoms with E-state index in [0.29, 0.717) is 11.8 Å². The van der Waals surface area contributed by atoms with E-state index in [1.54, 1.807) is 0 Å². The van der Waals surface area contributed by atoms with Crippen LogP contribution in [-0.4, -0.2) is 17.9 Å². The molecule has 1 aliphatic heterocycles. The molecular formula is C17H27NO. The molecule has 2 nitrogen and oxygen atoms in total. The van der Waals surface area contributed by atoms with Gasteiger partial charge in [-0.1, -0.05) is 25.3 Å². The molecule has 3 aliphatic rings. The third kappa shape index (κ3) is 3.10. The first kappa shape index (κ1) is 13.4. The molecule has 0 bridgehead atoms. The second kappa shape index (κ2) is 6.21. The molecular weight excluding hydrogens is 234 g/mol. The van der Waals surface area contributed by atoms with Crippen LogP contribution in [0.25, 0.3) is 0 Å². The molecule has 106 valence electrons. The third-order valence-electron chi connectivity index (χ3n) is 5.32. The monoisotopic (exact) mass is 261 g/mol. The van der Waals surface area contributed by atoms with E-state index in [-0.39, 0.29) is 6.04 Å². The van der Waals surface area contributed by atoms with Gasteiger partial charge in [-0.15, -0.1) is 0 Å². The summed E-state index contributed by atoms with van der Waals surface area (Å²) < 4.78 is 0. The molecule has 0 radical (unpaired) electrons. The first-order valence-corrected chi connectivity index (χ1v) is 8.34. The van der Waals surface area contributed by atoms with E-state index in [2.05, 4.69) is 11.4 Å². The van der Waals surface area contributed by atoms with Gasteiger partial charge in [0, 0.05) is 6.04 Å². The number of piperidine rings is 1. The summed E-state index contributed by atoms with van der Waals surface area (Å²) in [5, 5.41) is 3.68. The van der Waals surface area contributed by atoms with Gasteiger partial charge in [-0.2, -0.15) is 0 Å². The maximum absolute atomic E-state index is 12.6. The second-order valence-corrected chi connectivity index (χ2v) is 6.64. The Morgan fingerprint density at radius 3 is 2.84 bits per heavy atom. The predicted octanol–water partition coefficient (Wildman–Crippen LogP) is 3.76. The zero-order valence-electron chi connectivity index (χ0n) is 12.0. The van der Waals surface area contributed by atoms with Crippen LogP contribution in [0.3, 0.4) is 0 Å². The molecule has 0 aromatic rings. The average Bonchev–Trinajstić information content (AvgIpc) is 2.75. The predicted molar refractivity (Wildman–Crippen MR) is 78.1 cm³/mol. The van der Waals surface area contributed by atoms with Gasteiger partial charge >= 0.3 is 0 Å². The fourth-order valence-corrected chi connectivity index (χ4v) is 4.16. The van der Waals surface area contributed by atoms with Gasteiger partial charge in [-0.3, -0.25) is 4.79 Å². The van der Waals surface area contributed by atoms with Gasteiger partial charge in [-0.05, 0) is 62.9 Å². The molecule has 1 heterocycles. The van der Waals surface area contributed by atoms with E-state index >= 15 is 0 Å². The summed E-state index contributed by atoms with van der Waals surface area (Å²) in [5.74, 6) is 1.27. The summed E-state index contributed by atoms with van der Waals surface area (Å²) in [4.78, 5) is 12.6. The molecule has 2 fully saturated rings. The van der Waals surface area contributed by atoms with Crippen LogP contribution in [0.2, 0.25) is 0 Å². The zero-order chi connectivity index (χ0) is 13.1. The maximum atomic E-state index is 12.6. The molecule has 0 spiro atoms. The van der Waals surface area contributed by atoms with Crippen molar-refractivity contribution in [1.29, 1.82) is 0 Å². The standard InChI is InChI=1S/C17H27NO/c19-17(14-8-3-1-2-4-9-14)16-12-11-13-7-5-6-10-15(13)18-16/h8,13,15-16,18H,1-7,9-12H2. The van der Waals surface area contributed by atoms with Gasteiger partial charge in [-0.25, -0.2) is 0 Å². The number of carbonyl (C=O) groups is 1. The topological polar surface area (TPSA) is 29.1 Å². The van der Waals surface area contributed by atoms with Crippen molar-refractivity contribution in [2.75, 3.05) is 0 Å². The van der Waals surface area contributed by atoms with Crippen molar-refractivity contribution in [2.45, 2.75) is 82.7 Å². The van der Waals surface area contributed by atoms with E-state index in [1.807, 2.05) is 0 Å². The Morgan fingerprint density at radius 2 is 1.89 bits per heavy atom. The lowest BCUT2D eigenvalue weighted by Gasteiger charge is -2.40. The largest absolute Gasteiger partial charge is 0.304 e. The number of hydrogen-bond acceptors (Lipinski definition) is 2. The zero-order valence-corrected chi connectivity index (χ0v) is 12.0. The van der Waals surface area contributed by atoms with Crippen LogP contribution in [0.4, 0.5) is 0 Å². The Bertz CT molecular complexity index is 360. The van der Waals surface area contributed by atoms with Crippen LogP contribution in [-0.2, 0) is 4.79 Å². The molecule has 2 aliphatic carbocycles. The van der Waals surface area contributed by atoms with Crippen molar-refractivity contribution in [3.8, 4) is 0 Å². The second-order valence-electron chi connectivity index (χ2n) is 6.64. The molecule has 1 saturated heterocycles. The van der Waals surface area contributed by atoms with E-state index in [4.69, 9.17) is 0 Å². The van der Waals surface area contributed by atoms with Gasteiger partial charge in [0.15, 0.2) is 5.78 Å². The summed E-state index contributed by atoms with van der Waals surface area (Å²) in [6, 6.07) is 0.756. The molecule has 3 rings (SSSR count). The lowest BCUT2D eigenvalue weighted by molar-refractivity contribution is -0.119. The molecule has 1 N–H and O–H groups in total. The fourth-order valence-electron chi connectivity index (χ4n) is 4.16. The highest BCUT2D eigenvalue weighted by atomic mass is 16.1. The normalized spacial score (nSPS) is 36.0. The smallest absolute Gasteiger partial charge is 0.175 e. The molecule has 0 amide bonds. The highest BCUT2D eigenvalue weighted by Crippen LogP contribution is 2.33. The SMILES string of the molecule is O=C(C1=CCCCCC1)C1CCC2CCCCC2N1. The number of Topliss-reactive ketones (excluding diaryl/α,β-unsaturated/α-hetero) is 1. The molecule has 1 saturated carbocycles. The van der Waals surface area contributed by atoms with Crippen LogP contribution in [0.1, 0.15) is 70.6 Å². The van der Waals surface area contributed by atoms with Gasteiger partial charge < -0.3 is 5.32 Å². The Morgan fingerprint density at radius 1 is 1.00 bits per heavy atom. The number of nitrogens with one attached hydrogen (secondary N) is 1. The lowest BCUT2D eigenvalue weighted by Crippen LogP contribution is -2.52. The Balaban J connectivity index is 1.62. The Kier molecular flexibility index (Phi) is 4.37. The summed E-state index contributed by atoms with van der Waals surface area (Å²) in [5.41, 5.74) is 1.13. The number of fused-ring (bicyclic) bond motifs is 1. The molecule has 3 atom stereocenters. The average molecular weight is 261 g/mol. The van der Waals surface area contributed by atoms with Gasteiger partial charge in [0.25, 0.3) is 0 Å². The number of ketones is 1.